The van der Waals surface area contributed by atoms with Crippen LogP contribution in [0.2, 0.25) is 0 Å². The van der Waals surface area contributed by atoms with E-state index in [9.17, 15) is 28.8 Å². The highest BCUT2D eigenvalue weighted by Gasteiger charge is 2.28. The molecule has 0 aliphatic heterocycles. The number of carboxylic acids is 1. The van der Waals surface area contributed by atoms with Crippen molar-refractivity contribution in [2.75, 3.05) is 11.9 Å². The minimum Gasteiger partial charge on any atom is -0.481 e. The second-order valence-corrected chi connectivity index (χ2v) is 9.00. The van der Waals surface area contributed by atoms with Crippen molar-refractivity contribution in [3.63, 3.8) is 0 Å². The van der Waals surface area contributed by atoms with Crippen molar-refractivity contribution in [1.82, 2.24) is 16.0 Å². The van der Waals surface area contributed by atoms with Crippen molar-refractivity contribution < 1.29 is 38.6 Å². The number of hydrogen-bond donors (Lipinski definition) is 6. The molecule has 0 heterocycles. The average Bonchev–Trinajstić information content (AvgIpc) is 2.83. The molecule has 0 spiro atoms. The van der Waals surface area contributed by atoms with Gasteiger partial charge in [0.15, 0.2) is 0 Å². The smallest absolute Gasteiger partial charge is 0.312 e. The Balaban J connectivity index is 2.88. The summed E-state index contributed by atoms with van der Waals surface area (Å²) in [5.41, 5.74) is 6.24. The van der Waals surface area contributed by atoms with E-state index in [2.05, 4.69) is 21.3 Å². The van der Waals surface area contributed by atoms with Crippen LogP contribution in [0.15, 0.2) is 24.3 Å². The van der Waals surface area contributed by atoms with Gasteiger partial charge in [0, 0.05) is 32.0 Å². The number of hydrogen-bond acceptors (Lipinski definition) is 7. The number of nitrogens with one attached hydrogen (secondary N) is 4. The SMILES string of the molecule is CC(=O)OCc1ccc(NC(=O)[C@H](CCCNC(N)=O)NC(=O)[C@@H](NC(=O)CCCC(=O)O)C(C)C)cc1. The highest BCUT2D eigenvalue weighted by atomic mass is 16.5. The molecule has 1 aromatic rings. The van der Waals surface area contributed by atoms with Gasteiger partial charge in [-0.2, -0.15) is 0 Å². The largest absolute Gasteiger partial charge is 0.481 e. The van der Waals surface area contributed by atoms with E-state index < -0.39 is 47.8 Å². The first-order valence-corrected chi connectivity index (χ1v) is 12.3. The van der Waals surface area contributed by atoms with Crippen molar-refractivity contribution in [2.24, 2.45) is 11.7 Å². The molecule has 2 atom stereocenters. The van der Waals surface area contributed by atoms with Crippen LogP contribution in [0.1, 0.15) is 58.4 Å². The first-order valence-electron chi connectivity index (χ1n) is 12.3. The second-order valence-electron chi connectivity index (χ2n) is 9.00. The van der Waals surface area contributed by atoms with Crippen LogP contribution in [0.25, 0.3) is 0 Å². The number of carbonyl (C=O) groups is 6. The average molecular weight is 536 g/mol. The predicted molar refractivity (Wildman–Crippen MR) is 138 cm³/mol. The molecule has 5 amide bonds. The zero-order valence-corrected chi connectivity index (χ0v) is 21.9. The van der Waals surface area contributed by atoms with Crippen molar-refractivity contribution in [3.05, 3.63) is 29.8 Å². The van der Waals surface area contributed by atoms with Crippen LogP contribution in [-0.4, -0.2) is 59.4 Å². The van der Waals surface area contributed by atoms with Crippen LogP contribution in [0.4, 0.5) is 10.5 Å². The Morgan fingerprint density at radius 2 is 1.61 bits per heavy atom. The summed E-state index contributed by atoms with van der Waals surface area (Å²) in [5, 5.41) is 19.2. The third-order valence-electron chi connectivity index (χ3n) is 5.33. The summed E-state index contributed by atoms with van der Waals surface area (Å²) < 4.78 is 4.94. The molecule has 1 aromatic carbocycles. The molecule has 13 nitrogen and oxygen atoms in total. The molecule has 0 bridgehead atoms. The lowest BCUT2D eigenvalue weighted by molar-refractivity contribution is -0.142. The third kappa shape index (κ3) is 13.2. The molecule has 0 saturated carbocycles. The van der Waals surface area contributed by atoms with Gasteiger partial charge in [0.2, 0.25) is 17.7 Å². The number of esters is 1. The highest BCUT2D eigenvalue weighted by Crippen LogP contribution is 2.13. The Bertz CT molecular complexity index is 980. The van der Waals surface area contributed by atoms with Gasteiger partial charge in [-0.15, -0.1) is 0 Å². The number of carbonyl (C=O) groups excluding carboxylic acids is 5. The molecule has 0 unspecified atom stereocenters. The van der Waals surface area contributed by atoms with Gasteiger partial charge in [-0.05, 0) is 42.9 Å². The Kier molecular flexibility index (Phi) is 13.9. The van der Waals surface area contributed by atoms with E-state index in [1.54, 1.807) is 38.1 Å². The number of urea groups is 1. The zero-order valence-electron chi connectivity index (χ0n) is 21.9. The van der Waals surface area contributed by atoms with Crippen molar-refractivity contribution in [3.8, 4) is 0 Å². The van der Waals surface area contributed by atoms with E-state index in [4.69, 9.17) is 15.6 Å². The maximum absolute atomic E-state index is 13.1. The molecule has 0 aliphatic carbocycles. The summed E-state index contributed by atoms with van der Waals surface area (Å²) >= 11 is 0. The second kappa shape index (κ2) is 16.6. The number of aliphatic carboxylic acids is 1. The lowest BCUT2D eigenvalue weighted by Gasteiger charge is -2.25. The Morgan fingerprint density at radius 1 is 0.947 bits per heavy atom. The van der Waals surface area contributed by atoms with Crippen molar-refractivity contribution in [2.45, 2.75) is 71.6 Å². The summed E-state index contributed by atoms with van der Waals surface area (Å²) in [6.07, 6.45) is 0.401. The van der Waals surface area contributed by atoms with Crippen molar-refractivity contribution >= 4 is 41.4 Å². The minimum absolute atomic E-state index is 0.0566. The first kappa shape index (κ1) is 31.9. The predicted octanol–water partition coefficient (Wildman–Crippen LogP) is 1.02. The number of benzene rings is 1. The van der Waals surface area contributed by atoms with Crippen LogP contribution >= 0.6 is 0 Å². The third-order valence-corrected chi connectivity index (χ3v) is 5.33. The van der Waals surface area contributed by atoms with E-state index >= 15 is 0 Å². The molecule has 0 radical (unpaired) electrons. The number of anilines is 1. The quantitative estimate of drug-likeness (QED) is 0.133. The van der Waals surface area contributed by atoms with Gasteiger partial charge < -0.3 is 36.8 Å². The normalized spacial score (nSPS) is 12.1. The fourth-order valence-electron chi connectivity index (χ4n) is 3.33. The van der Waals surface area contributed by atoms with Crippen LogP contribution in [-0.2, 0) is 35.3 Å². The number of ether oxygens (including phenoxy) is 1. The molecule has 38 heavy (non-hydrogen) atoms. The molecule has 13 heteroatoms. The summed E-state index contributed by atoms with van der Waals surface area (Å²) in [5.74, 6) is -3.31. The number of rotatable bonds is 16. The summed E-state index contributed by atoms with van der Waals surface area (Å²) in [7, 11) is 0. The molecule has 0 aliphatic rings. The fraction of sp³-hybridized carbons (Fsp3) is 0.520. The van der Waals surface area contributed by atoms with Crippen LogP contribution in [0.3, 0.4) is 0 Å². The van der Waals surface area contributed by atoms with E-state index in [1.807, 2.05) is 0 Å². The maximum atomic E-state index is 13.1. The van der Waals surface area contributed by atoms with Crippen LogP contribution in [0.5, 0.6) is 0 Å². The number of amides is 5. The van der Waals surface area contributed by atoms with Gasteiger partial charge in [-0.1, -0.05) is 26.0 Å². The standard InChI is InChI=1S/C25H37N5O8/c1-15(2)22(30-20(32)7-4-8-21(33)34)24(36)29-19(6-5-13-27-25(26)37)23(35)28-18-11-9-17(10-12-18)14-38-16(3)31/h9-12,15,19,22H,4-8,13-14H2,1-3H3,(H,28,35)(H,29,36)(H,30,32)(H,33,34)(H3,26,27,37)/t19-,22-/m0/s1. The minimum atomic E-state index is -1.02. The molecule has 0 saturated heterocycles. The van der Waals surface area contributed by atoms with Gasteiger partial charge in [-0.3, -0.25) is 24.0 Å². The molecular formula is C25H37N5O8. The van der Waals surface area contributed by atoms with Gasteiger partial charge in [0.1, 0.15) is 18.7 Å². The van der Waals surface area contributed by atoms with Crippen LogP contribution < -0.4 is 27.0 Å². The Morgan fingerprint density at radius 3 is 2.16 bits per heavy atom. The fourth-order valence-corrected chi connectivity index (χ4v) is 3.33. The lowest BCUT2D eigenvalue weighted by Crippen LogP contribution is -2.54. The van der Waals surface area contributed by atoms with E-state index in [0.29, 0.717) is 12.1 Å². The highest BCUT2D eigenvalue weighted by molar-refractivity contribution is 5.98. The molecular weight excluding hydrogens is 498 g/mol. The Labute approximate surface area is 221 Å². The molecule has 210 valence electrons. The molecule has 1 rings (SSSR count). The topological polar surface area (TPSA) is 206 Å². The van der Waals surface area contributed by atoms with Crippen molar-refractivity contribution in [1.29, 1.82) is 0 Å². The van der Waals surface area contributed by atoms with Gasteiger partial charge in [-0.25, -0.2) is 4.79 Å². The monoisotopic (exact) mass is 535 g/mol. The molecule has 0 aromatic heterocycles. The van der Waals surface area contributed by atoms with Gasteiger partial charge in [0.05, 0.1) is 0 Å². The van der Waals surface area contributed by atoms with Gasteiger partial charge >= 0.3 is 18.0 Å². The zero-order chi connectivity index (χ0) is 28.7. The summed E-state index contributed by atoms with van der Waals surface area (Å²) in [6.45, 7) is 5.04. The molecule has 0 fully saturated rings. The van der Waals surface area contributed by atoms with E-state index in [0.717, 1.165) is 5.56 Å². The first-order chi connectivity index (χ1) is 17.9. The lowest BCUT2D eigenvalue weighted by atomic mass is 10.0. The van der Waals surface area contributed by atoms with E-state index in [-0.39, 0.29) is 44.8 Å². The molecule has 7 N–H and O–H groups in total. The summed E-state index contributed by atoms with van der Waals surface area (Å²) in [4.78, 5) is 70.9. The van der Waals surface area contributed by atoms with E-state index in [1.165, 1.54) is 6.92 Å². The number of primary amides is 1. The maximum Gasteiger partial charge on any atom is 0.312 e. The summed E-state index contributed by atoms with van der Waals surface area (Å²) in [6, 6.07) is 3.94. The Hall–Kier alpha value is -4.16. The van der Waals surface area contributed by atoms with Crippen LogP contribution in [0, 0.1) is 5.92 Å². The van der Waals surface area contributed by atoms with Gasteiger partial charge in [0.25, 0.3) is 0 Å². The number of nitrogens with two attached hydrogens (primary N) is 1. The number of carboxylic acid groups (broad SMARTS) is 1.